The third kappa shape index (κ3) is 5.04. The van der Waals surface area contributed by atoms with Gasteiger partial charge in [0.1, 0.15) is 5.75 Å². The average molecular weight is 362 g/mol. The summed E-state index contributed by atoms with van der Waals surface area (Å²) in [5.41, 5.74) is 2.89. The molecule has 0 spiro atoms. The number of hydrogen-bond donors (Lipinski definition) is 2. The Morgan fingerprint density at radius 2 is 1.67 bits per heavy atom. The maximum absolute atomic E-state index is 12.2. The topological polar surface area (TPSA) is 76.1 Å². The summed E-state index contributed by atoms with van der Waals surface area (Å²) in [5.74, 6) is 1.61. The monoisotopic (exact) mass is 362 g/mol. The Hall–Kier alpha value is -3.41. The number of nitrogens with one attached hydrogen (secondary N) is 2. The van der Waals surface area contributed by atoms with Gasteiger partial charge in [0.2, 0.25) is 5.91 Å². The third-order valence-corrected chi connectivity index (χ3v) is 3.99. The van der Waals surface area contributed by atoms with E-state index in [-0.39, 0.29) is 5.91 Å². The van der Waals surface area contributed by atoms with E-state index >= 15 is 0 Å². The summed E-state index contributed by atoms with van der Waals surface area (Å²) in [6.45, 7) is 4.50. The van der Waals surface area contributed by atoms with E-state index in [1.54, 1.807) is 12.1 Å². The van der Waals surface area contributed by atoms with Gasteiger partial charge in [-0.3, -0.25) is 4.79 Å². The van der Waals surface area contributed by atoms with E-state index in [0.29, 0.717) is 24.7 Å². The molecule has 0 fully saturated rings. The normalized spacial score (nSPS) is 10.3. The van der Waals surface area contributed by atoms with Crippen molar-refractivity contribution < 1.29 is 9.53 Å². The van der Waals surface area contributed by atoms with Crippen LogP contribution in [0.15, 0.2) is 60.7 Å². The van der Waals surface area contributed by atoms with E-state index in [0.717, 1.165) is 22.6 Å². The van der Waals surface area contributed by atoms with E-state index in [2.05, 4.69) is 20.8 Å². The molecule has 2 aromatic carbocycles. The van der Waals surface area contributed by atoms with Crippen LogP contribution in [0.25, 0.3) is 0 Å². The fraction of sp³-hybridized carbons (Fsp3) is 0.190. The molecule has 0 unspecified atom stereocenters. The molecule has 2 N–H and O–H groups in total. The lowest BCUT2D eigenvalue weighted by Crippen LogP contribution is -2.16. The van der Waals surface area contributed by atoms with Gasteiger partial charge >= 0.3 is 0 Å². The van der Waals surface area contributed by atoms with Crippen molar-refractivity contribution >= 4 is 23.2 Å². The lowest BCUT2D eigenvalue weighted by Gasteiger charge is -2.11. The summed E-state index contributed by atoms with van der Waals surface area (Å²) < 4.78 is 5.58. The second-order valence-corrected chi connectivity index (χ2v) is 6.01. The van der Waals surface area contributed by atoms with Gasteiger partial charge in [-0.15, -0.1) is 10.2 Å². The van der Waals surface area contributed by atoms with Gasteiger partial charge in [-0.05, 0) is 49.2 Å². The quantitative estimate of drug-likeness (QED) is 0.661. The number of carbonyl (C=O) groups excluding carboxylic acids is 1. The fourth-order valence-corrected chi connectivity index (χ4v) is 2.62. The Bertz CT molecular complexity index is 910. The van der Waals surface area contributed by atoms with Crippen LogP contribution in [0.3, 0.4) is 0 Å². The molecule has 0 aliphatic rings. The molecule has 0 radical (unpaired) electrons. The highest BCUT2D eigenvalue weighted by molar-refractivity contribution is 5.91. The molecule has 0 aliphatic heterocycles. The number of anilines is 3. The van der Waals surface area contributed by atoms with Crippen LogP contribution in [0.4, 0.5) is 17.3 Å². The van der Waals surface area contributed by atoms with Crippen molar-refractivity contribution in [3.8, 4) is 5.75 Å². The van der Waals surface area contributed by atoms with Crippen LogP contribution in [0.5, 0.6) is 5.75 Å². The standard InChI is InChI=1S/C21H22N4O2/c1-3-27-18-11-7-6-10-17(18)22-19-12-13-20(25-24-19)23-21(26)14-16-9-5-4-8-15(16)2/h4-13H,3,14H2,1-2H3,(H,22,24)(H,23,25,26). The maximum Gasteiger partial charge on any atom is 0.230 e. The maximum atomic E-state index is 12.2. The number of hydrogen-bond acceptors (Lipinski definition) is 5. The molecule has 3 rings (SSSR count). The number of para-hydroxylation sites is 2. The van der Waals surface area contributed by atoms with Crippen LogP contribution < -0.4 is 15.4 Å². The second kappa shape index (κ2) is 8.80. The minimum absolute atomic E-state index is 0.124. The van der Waals surface area contributed by atoms with Gasteiger partial charge in [-0.25, -0.2) is 0 Å². The van der Waals surface area contributed by atoms with Gasteiger partial charge in [-0.1, -0.05) is 36.4 Å². The van der Waals surface area contributed by atoms with E-state index in [1.165, 1.54) is 0 Å². The zero-order chi connectivity index (χ0) is 19.1. The molecule has 27 heavy (non-hydrogen) atoms. The zero-order valence-electron chi connectivity index (χ0n) is 15.4. The predicted octanol–water partition coefficient (Wildman–Crippen LogP) is 4.11. The summed E-state index contributed by atoms with van der Waals surface area (Å²) in [5, 5.41) is 14.1. The highest BCUT2D eigenvalue weighted by Crippen LogP contribution is 2.26. The van der Waals surface area contributed by atoms with Crippen LogP contribution in [-0.2, 0) is 11.2 Å². The number of aryl methyl sites for hydroxylation is 1. The van der Waals surface area contributed by atoms with Gasteiger partial charge in [-0.2, -0.15) is 0 Å². The molecule has 3 aromatic rings. The number of ether oxygens (including phenoxy) is 1. The van der Waals surface area contributed by atoms with E-state index < -0.39 is 0 Å². The van der Waals surface area contributed by atoms with Crippen molar-refractivity contribution in [2.45, 2.75) is 20.3 Å². The molecule has 6 heteroatoms. The van der Waals surface area contributed by atoms with Crippen molar-refractivity contribution in [2.24, 2.45) is 0 Å². The summed E-state index contributed by atoms with van der Waals surface area (Å²) >= 11 is 0. The van der Waals surface area contributed by atoms with Gasteiger partial charge in [0.15, 0.2) is 11.6 Å². The van der Waals surface area contributed by atoms with Crippen LogP contribution in [-0.4, -0.2) is 22.7 Å². The smallest absolute Gasteiger partial charge is 0.230 e. The van der Waals surface area contributed by atoms with E-state index in [1.807, 2.05) is 62.4 Å². The first kappa shape index (κ1) is 18.4. The molecule has 0 aliphatic carbocycles. The van der Waals surface area contributed by atoms with Crippen LogP contribution >= 0.6 is 0 Å². The molecule has 1 amide bonds. The molecule has 1 heterocycles. The summed E-state index contributed by atoms with van der Waals surface area (Å²) in [6, 6.07) is 18.9. The van der Waals surface area contributed by atoms with Crippen LogP contribution in [0, 0.1) is 6.92 Å². The van der Waals surface area contributed by atoms with Gasteiger partial charge in [0.05, 0.1) is 18.7 Å². The van der Waals surface area contributed by atoms with Gasteiger partial charge < -0.3 is 15.4 Å². The van der Waals surface area contributed by atoms with Crippen molar-refractivity contribution in [1.29, 1.82) is 0 Å². The second-order valence-electron chi connectivity index (χ2n) is 6.01. The SMILES string of the molecule is CCOc1ccccc1Nc1ccc(NC(=O)Cc2ccccc2C)nn1. The first-order valence-corrected chi connectivity index (χ1v) is 8.82. The molecule has 0 atom stereocenters. The number of rotatable bonds is 7. The van der Waals surface area contributed by atoms with Crippen LogP contribution in [0.1, 0.15) is 18.1 Å². The Labute approximate surface area is 158 Å². The molecule has 1 aromatic heterocycles. The highest BCUT2D eigenvalue weighted by atomic mass is 16.5. The fourth-order valence-electron chi connectivity index (χ4n) is 2.62. The van der Waals surface area contributed by atoms with E-state index in [9.17, 15) is 4.79 Å². The first-order valence-electron chi connectivity index (χ1n) is 8.82. The first-order chi connectivity index (χ1) is 13.2. The third-order valence-electron chi connectivity index (χ3n) is 3.99. The van der Waals surface area contributed by atoms with Crippen LogP contribution in [0.2, 0.25) is 0 Å². The Morgan fingerprint density at radius 3 is 2.41 bits per heavy atom. The Kier molecular flexibility index (Phi) is 5.99. The molecule has 0 bridgehead atoms. The van der Waals surface area contributed by atoms with Crippen molar-refractivity contribution in [3.05, 3.63) is 71.8 Å². The minimum Gasteiger partial charge on any atom is -0.492 e. The molecule has 0 saturated carbocycles. The number of nitrogens with zero attached hydrogens (tertiary/aromatic N) is 2. The average Bonchev–Trinajstić information content (AvgIpc) is 2.67. The lowest BCUT2D eigenvalue weighted by atomic mass is 10.1. The predicted molar refractivity (Wildman–Crippen MR) is 106 cm³/mol. The zero-order valence-corrected chi connectivity index (χ0v) is 15.4. The largest absolute Gasteiger partial charge is 0.492 e. The lowest BCUT2D eigenvalue weighted by molar-refractivity contribution is -0.115. The Morgan fingerprint density at radius 1 is 0.963 bits per heavy atom. The molecule has 138 valence electrons. The number of aromatic nitrogens is 2. The number of benzene rings is 2. The minimum atomic E-state index is -0.124. The molecule has 0 saturated heterocycles. The number of carbonyl (C=O) groups is 1. The highest BCUT2D eigenvalue weighted by Gasteiger charge is 2.08. The Balaban J connectivity index is 1.62. The summed E-state index contributed by atoms with van der Waals surface area (Å²) in [6.07, 6.45) is 0.302. The molecular formula is C21H22N4O2. The summed E-state index contributed by atoms with van der Waals surface area (Å²) in [4.78, 5) is 12.2. The van der Waals surface area contributed by atoms with E-state index in [4.69, 9.17) is 4.74 Å². The number of amides is 1. The molecular weight excluding hydrogens is 340 g/mol. The van der Waals surface area contributed by atoms with Crippen molar-refractivity contribution in [3.63, 3.8) is 0 Å². The van der Waals surface area contributed by atoms with Crippen molar-refractivity contribution in [2.75, 3.05) is 17.2 Å². The van der Waals surface area contributed by atoms with Gasteiger partial charge in [0.25, 0.3) is 0 Å². The molecule has 6 nitrogen and oxygen atoms in total. The van der Waals surface area contributed by atoms with Crippen molar-refractivity contribution in [1.82, 2.24) is 10.2 Å². The summed E-state index contributed by atoms with van der Waals surface area (Å²) in [7, 11) is 0. The van der Waals surface area contributed by atoms with Gasteiger partial charge in [0, 0.05) is 0 Å².